The highest BCUT2D eigenvalue weighted by molar-refractivity contribution is 6.30. The summed E-state index contributed by atoms with van der Waals surface area (Å²) in [6.45, 7) is 1.73. The molecule has 2 aromatic rings. The van der Waals surface area contributed by atoms with Gasteiger partial charge in [-0.2, -0.15) is 0 Å². The van der Waals surface area contributed by atoms with E-state index in [0.29, 0.717) is 12.0 Å². The molecule has 0 fully saturated rings. The number of phenols is 2. The summed E-state index contributed by atoms with van der Waals surface area (Å²) >= 11 is 0. The molecule has 4 rings (SSSR count). The van der Waals surface area contributed by atoms with E-state index >= 15 is 0 Å². The number of phenolic OH excluding ortho intramolecular Hbond substituents is 2. The zero-order valence-electron chi connectivity index (χ0n) is 23.1. The van der Waals surface area contributed by atoms with Gasteiger partial charge in [-0.1, -0.05) is 82.1 Å². The van der Waals surface area contributed by atoms with Crippen molar-refractivity contribution in [1.82, 2.24) is 0 Å². The van der Waals surface area contributed by atoms with Gasteiger partial charge in [0.25, 0.3) is 0 Å². The lowest BCUT2D eigenvalue weighted by molar-refractivity contribution is -0.137. The first-order valence-corrected chi connectivity index (χ1v) is 14.4. The summed E-state index contributed by atoms with van der Waals surface area (Å²) in [5.74, 6) is -1.14. The predicted molar refractivity (Wildman–Crippen MR) is 153 cm³/mol. The van der Waals surface area contributed by atoms with Crippen LogP contribution in [-0.2, 0) is 4.79 Å². The maximum absolute atomic E-state index is 12.3. The van der Waals surface area contributed by atoms with Gasteiger partial charge in [0.2, 0.25) is 5.78 Å². The molecule has 39 heavy (non-hydrogen) atoms. The van der Waals surface area contributed by atoms with Crippen LogP contribution in [0.2, 0.25) is 0 Å². The van der Waals surface area contributed by atoms with Gasteiger partial charge in [0.05, 0.1) is 11.1 Å². The van der Waals surface area contributed by atoms with E-state index in [4.69, 9.17) is 5.11 Å². The van der Waals surface area contributed by atoms with Crippen molar-refractivity contribution in [3.63, 3.8) is 0 Å². The van der Waals surface area contributed by atoms with E-state index in [2.05, 4.69) is 12.2 Å². The maximum Gasteiger partial charge on any atom is 0.303 e. The Morgan fingerprint density at radius 1 is 0.795 bits per heavy atom. The number of rotatable bonds is 13. The Hall–Kier alpha value is -3.41. The molecule has 0 aromatic heterocycles. The first-order valence-electron chi connectivity index (χ1n) is 14.4. The van der Waals surface area contributed by atoms with Gasteiger partial charge in [0.1, 0.15) is 11.5 Å². The van der Waals surface area contributed by atoms with Gasteiger partial charge in [0, 0.05) is 17.5 Å². The second-order valence-electron chi connectivity index (χ2n) is 10.8. The van der Waals surface area contributed by atoms with E-state index in [1.54, 1.807) is 13.0 Å². The lowest BCUT2D eigenvalue weighted by Crippen LogP contribution is -2.21. The van der Waals surface area contributed by atoms with Crippen molar-refractivity contribution in [3.05, 3.63) is 70.3 Å². The second-order valence-corrected chi connectivity index (χ2v) is 10.8. The van der Waals surface area contributed by atoms with Crippen molar-refractivity contribution in [2.75, 3.05) is 0 Å². The highest BCUT2D eigenvalue weighted by Gasteiger charge is 2.34. The summed E-state index contributed by atoms with van der Waals surface area (Å²) in [5.41, 5.74) is 0.966. The van der Waals surface area contributed by atoms with E-state index in [9.17, 15) is 24.6 Å². The average molecular weight is 535 g/mol. The zero-order valence-corrected chi connectivity index (χ0v) is 23.1. The minimum atomic E-state index is -0.655. The van der Waals surface area contributed by atoms with Crippen LogP contribution in [0.15, 0.2) is 42.5 Å². The topological polar surface area (TPSA) is 112 Å². The Morgan fingerprint density at radius 2 is 1.41 bits per heavy atom. The monoisotopic (exact) mass is 534 g/mol. The molecule has 3 N–H and O–H groups in total. The van der Waals surface area contributed by atoms with Crippen molar-refractivity contribution < 1.29 is 29.7 Å². The van der Waals surface area contributed by atoms with Crippen LogP contribution in [0, 0.1) is 12.8 Å². The summed E-state index contributed by atoms with van der Waals surface area (Å²) in [6.07, 6.45) is 21.9. The van der Waals surface area contributed by atoms with Gasteiger partial charge < -0.3 is 15.3 Å². The molecule has 0 saturated carbocycles. The Morgan fingerprint density at radius 3 is 2.03 bits per heavy atom. The summed E-state index contributed by atoms with van der Waals surface area (Å²) in [5, 5.41) is 28.2. The van der Waals surface area contributed by atoms with Crippen LogP contribution in [0.4, 0.5) is 0 Å². The predicted octanol–water partition coefficient (Wildman–Crippen LogP) is 7.90. The minimum Gasteiger partial charge on any atom is -0.507 e. The lowest BCUT2D eigenvalue weighted by atomic mass is 9.82. The van der Waals surface area contributed by atoms with Gasteiger partial charge in [-0.15, -0.1) is 0 Å². The number of hydrogen-bond acceptors (Lipinski definition) is 5. The molecule has 0 amide bonds. The average Bonchev–Trinajstić information content (AvgIpc) is 3.41. The quantitative estimate of drug-likeness (QED) is 0.152. The van der Waals surface area contributed by atoms with Crippen LogP contribution in [0.25, 0.3) is 0 Å². The maximum atomic E-state index is 12.3. The molecule has 0 heterocycles. The fourth-order valence-electron chi connectivity index (χ4n) is 5.46. The van der Waals surface area contributed by atoms with Crippen LogP contribution in [0.3, 0.4) is 0 Å². The minimum absolute atomic E-state index is 0.0374. The molecule has 210 valence electrons. The molecule has 0 saturated heterocycles. The molecule has 2 aromatic carbocycles. The van der Waals surface area contributed by atoms with Crippen molar-refractivity contribution in [1.29, 1.82) is 0 Å². The molecule has 1 atom stereocenters. The molecule has 1 unspecified atom stereocenters. The first-order chi connectivity index (χ1) is 18.8. The number of aliphatic carboxylic acids is 1. The van der Waals surface area contributed by atoms with Crippen molar-refractivity contribution in [2.45, 2.75) is 96.8 Å². The van der Waals surface area contributed by atoms with E-state index < -0.39 is 11.8 Å². The number of aryl methyl sites for hydroxylation is 1. The van der Waals surface area contributed by atoms with E-state index in [1.807, 2.05) is 0 Å². The Labute approximate surface area is 231 Å². The highest BCUT2D eigenvalue weighted by atomic mass is 16.4. The highest BCUT2D eigenvalue weighted by Crippen LogP contribution is 2.36. The Kier molecular flexibility index (Phi) is 11.8. The molecule has 0 radical (unpaired) electrons. The van der Waals surface area contributed by atoms with Crippen LogP contribution >= 0.6 is 0 Å². The Balaban J connectivity index is 0.000000216. The number of benzene rings is 2. The smallest absolute Gasteiger partial charge is 0.303 e. The molecule has 2 aliphatic carbocycles. The molecular formula is C33H42O6. The van der Waals surface area contributed by atoms with E-state index in [0.717, 1.165) is 18.8 Å². The number of hydrogen-bond donors (Lipinski definition) is 3. The first kappa shape index (κ1) is 30.1. The zero-order chi connectivity index (χ0) is 28.2. The number of carbonyl (C=O) groups is 3. The number of ketones is 2. The molecular weight excluding hydrogens is 492 g/mol. The third-order valence-corrected chi connectivity index (χ3v) is 7.58. The summed E-state index contributed by atoms with van der Waals surface area (Å²) in [6, 6.07) is 7.36. The fourth-order valence-corrected chi connectivity index (χ4v) is 5.46. The van der Waals surface area contributed by atoms with Gasteiger partial charge >= 0.3 is 5.97 Å². The number of unbranched alkanes of at least 4 members (excludes halogenated alkanes) is 9. The molecule has 2 aliphatic rings. The summed E-state index contributed by atoms with van der Waals surface area (Å²) in [7, 11) is 0. The molecule has 0 bridgehead atoms. The number of allylic oxidation sites excluding steroid dienone is 2. The number of carboxylic acid groups (broad SMARTS) is 1. The van der Waals surface area contributed by atoms with Crippen LogP contribution in [-0.4, -0.2) is 32.9 Å². The molecule has 6 heteroatoms. The number of carboxylic acids is 1. The second kappa shape index (κ2) is 15.2. The van der Waals surface area contributed by atoms with Crippen LogP contribution < -0.4 is 0 Å². The Bertz CT molecular complexity index is 1180. The lowest BCUT2D eigenvalue weighted by Gasteiger charge is -2.19. The van der Waals surface area contributed by atoms with Gasteiger partial charge in [-0.05, 0) is 62.3 Å². The standard InChI is InChI=1S/C18H32O2.C15H10O4/c19-18(20)16-10-8-6-4-2-1-3-5-7-9-13-17-14-11-12-15-17;1-7-5-9-13(11(17)6-7)15(19)12-8(14(9)18)3-2-4-10(12)16/h11,14,17H,1-10,12-13,15-16H2,(H,19,20);2-6,16-17H,1H3. The van der Waals surface area contributed by atoms with E-state index in [-0.39, 0.29) is 39.5 Å². The third-order valence-electron chi connectivity index (χ3n) is 7.58. The van der Waals surface area contributed by atoms with Gasteiger partial charge in [-0.25, -0.2) is 0 Å². The third kappa shape index (κ3) is 8.81. The van der Waals surface area contributed by atoms with Crippen molar-refractivity contribution >= 4 is 17.5 Å². The van der Waals surface area contributed by atoms with Crippen LogP contribution in [0.5, 0.6) is 11.5 Å². The molecule has 0 spiro atoms. The summed E-state index contributed by atoms with van der Waals surface area (Å²) in [4.78, 5) is 35.0. The molecule has 6 nitrogen and oxygen atoms in total. The largest absolute Gasteiger partial charge is 0.507 e. The molecule has 0 aliphatic heterocycles. The number of carbonyl (C=O) groups excluding carboxylic acids is 2. The van der Waals surface area contributed by atoms with Crippen LogP contribution in [0.1, 0.15) is 127 Å². The van der Waals surface area contributed by atoms with Gasteiger partial charge in [0.15, 0.2) is 5.78 Å². The van der Waals surface area contributed by atoms with Crippen molar-refractivity contribution in [2.24, 2.45) is 5.92 Å². The number of fused-ring (bicyclic) bond motifs is 2. The number of aromatic hydroxyl groups is 2. The SMILES string of the molecule is Cc1cc(O)c2c(c1)C(=O)c1cccc(O)c1C2=O.O=C(O)CCCCCCCCCCCCC1C=CCC1. The fraction of sp³-hybridized carbons (Fsp3) is 0.485. The van der Waals surface area contributed by atoms with Crippen molar-refractivity contribution in [3.8, 4) is 11.5 Å². The van der Waals surface area contributed by atoms with Gasteiger partial charge in [-0.3, -0.25) is 14.4 Å². The normalized spacial score (nSPS) is 15.5. The summed E-state index contributed by atoms with van der Waals surface area (Å²) < 4.78 is 0. The van der Waals surface area contributed by atoms with E-state index in [1.165, 1.54) is 94.9 Å².